The van der Waals surface area contributed by atoms with E-state index in [1.165, 1.54) is 64.2 Å². The first-order chi connectivity index (χ1) is 11.3. The van der Waals surface area contributed by atoms with Crippen LogP contribution < -0.4 is 0 Å². The van der Waals surface area contributed by atoms with E-state index in [-0.39, 0.29) is 11.9 Å². The highest BCUT2D eigenvalue weighted by atomic mass is 28.4. The van der Waals surface area contributed by atoms with E-state index in [9.17, 15) is 4.79 Å². The molecule has 3 heteroatoms. The lowest BCUT2D eigenvalue weighted by molar-refractivity contribution is -0.139. The summed E-state index contributed by atoms with van der Waals surface area (Å²) in [6.07, 6.45) is 15.9. The molecule has 0 saturated heterocycles. The highest BCUT2D eigenvalue weighted by Gasteiger charge is 2.23. The van der Waals surface area contributed by atoms with Crippen LogP contribution in [0, 0.1) is 11.8 Å². The third-order valence-corrected chi connectivity index (χ3v) is 5.65. The van der Waals surface area contributed by atoms with E-state index >= 15 is 0 Å². The Morgan fingerprint density at radius 1 is 0.792 bits per heavy atom. The third kappa shape index (κ3) is 15.2. The molecule has 0 radical (unpaired) electrons. The van der Waals surface area contributed by atoms with E-state index in [0.29, 0.717) is 0 Å². The average molecular weight is 357 g/mol. The van der Waals surface area contributed by atoms with Gasteiger partial charge in [0, 0.05) is 0 Å². The Balaban J connectivity index is 3.37. The van der Waals surface area contributed by atoms with Gasteiger partial charge in [-0.2, -0.15) is 0 Å². The highest BCUT2D eigenvalue weighted by molar-refractivity contribution is 6.71. The molecule has 0 rings (SSSR count). The van der Waals surface area contributed by atoms with Crippen LogP contribution in [0.25, 0.3) is 0 Å². The second kappa shape index (κ2) is 13.9. The molecule has 144 valence electrons. The molecule has 0 heterocycles. The SMILES string of the molecule is CCC(C)CCCCCCCCCCCC(C)C(=O)O[Si](C)(C)C. The first-order valence-corrected chi connectivity index (χ1v) is 13.9. The van der Waals surface area contributed by atoms with Crippen LogP contribution in [0.1, 0.15) is 97.8 Å². The first-order valence-electron chi connectivity index (χ1n) is 10.5. The second-order valence-corrected chi connectivity index (χ2v) is 13.1. The molecule has 0 fully saturated rings. The molecule has 0 spiro atoms. The van der Waals surface area contributed by atoms with Gasteiger partial charge in [-0.1, -0.05) is 91.4 Å². The number of carbonyl (C=O) groups is 1. The molecule has 0 aromatic heterocycles. The van der Waals surface area contributed by atoms with Gasteiger partial charge in [0.15, 0.2) is 0 Å². The van der Waals surface area contributed by atoms with Crippen LogP contribution in [0.15, 0.2) is 0 Å². The maximum Gasteiger partial charge on any atom is 0.295 e. The maximum atomic E-state index is 11.9. The van der Waals surface area contributed by atoms with E-state index < -0.39 is 8.32 Å². The third-order valence-electron chi connectivity index (χ3n) is 4.84. The van der Waals surface area contributed by atoms with Crippen LogP contribution in [0.5, 0.6) is 0 Å². The van der Waals surface area contributed by atoms with Gasteiger partial charge in [0.2, 0.25) is 8.32 Å². The smallest absolute Gasteiger partial charge is 0.295 e. The Morgan fingerprint density at radius 3 is 1.62 bits per heavy atom. The summed E-state index contributed by atoms with van der Waals surface area (Å²) in [4.78, 5) is 11.9. The van der Waals surface area contributed by atoms with Crippen LogP contribution in [-0.2, 0) is 9.22 Å². The second-order valence-electron chi connectivity index (χ2n) is 8.71. The normalized spacial score (nSPS) is 14.4. The number of hydrogen-bond donors (Lipinski definition) is 0. The van der Waals surface area contributed by atoms with E-state index in [4.69, 9.17) is 4.43 Å². The highest BCUT2D eigenvalue weighted by Crippen LogP contribution is 2.17. The minimum atomic E-state index is -1.72. The van der Waals surface area contributed by atoms with Crippen LogP contribution in [0.2, 0.25) is 19.6 Å². The first kappa shape index (κ1) is 23.7. The molecule has 0 aliphatic rings. The van der Waals surface area contributed by atoms with Crippen molar-refractivity contribution in [1.29, 1.82) is 0 Å². The topological polar surface area (TPSA) is 26.3 Å². The zero-order valence-electron chi connectivity index (χ0n) is 17.5. The van der Waals surface area contributed by atoms with Gasteiger partial charge in [-0.05, 0) is 32.0 Å². The summed E-state index contributed by atoms with van der Waals surface area (Å²) in [5.74, 6) is 1.00. The lowest BCUT2D eigenvalue weighted by Gasteiger charge is -2.20. The summed E-state index contributed by atoms with van der Waals surface area (Å²) in [7, 11) is -1.72. The molecular formula is C21H44O2Si. The van der Waals surface area contributed by atoms with Gasteiger partial charge in [-0.3, -0.25) is 4.79 Å². The predicted octanol–water partition coefficient (Wildman–Crippen LogP) is 7.34. The zero-order chi connectivity index (χ0) is 18.4. The van der Waals surface area contributed by atoms with E-state index in [0.717, 1.165) is 18.8 Å². The van der Waals surface area contributed by atoms with Gasteiger partial charge in [0.1, 0.15) is 0 Å². The number of carbonyl (C=O) groups excluding carboxylic acids is 1. The van der Waals surface area contributed by atoms with Gasteiger partial charge in [0.25, 0.3) is 5.97 Å². The van der Waals surface area contributed by atoms with Crippen molar-refractivity contribution in [3.05, 3.63) is 0 Å². The van der Waals surface area contributed by atoms with Crippen LogP contribution in [0.4, 0.5) is 0 Å². The van der Waals surface area contributed by atoms with Crippen molar-refractivity contribution >= 4 is 14.3 Å². The van der Waals surface area contributed by atoms with Gasteiger partial charge in [-0.25, -0.2) is 0 Å². The Bertz CT molecular complexity index is 309. The number of unbranched alkanes of at least 4 members (excludes halogenated alkanes) is 8. The monoisotopic (exact) mass is 356 g/mol. The molecule has 0 saturated carbocycles. The quantitative estimate of drug-likeness (QED) is 0.227. The Labute approximate surface area is 153 Å². The van der Waals surface area contributed by atoms with Gasteiger partial charge in [-0.15, -0.1) is 0 Å². The molecule has 2 atom stereocenters. The van der Waals surface area contributed by atoms with Crippen molar-refractivity contribution in [2.75, 3.05) is 0 Å². The van der Waals surface area contributed by atoms with Crippen molar-refractivity contribution < 1.29 is 9.22 Å². The molecule has 2 nitrogen and oxygen atoms in total. The average Bonchev–Trinajstić information content (AvgIpc) is 2.50. The largest absolute Gasteiger partial charge is 0.520 e. The molecule has 0 aromatic rings. The van der Waals surface area contributed by atoms with E-state index in [2.05, 4.69) is 33.5 Å². The Morgan fingerprint density at radius 2 is 1.21 bits per heavy atom. The molecule has 0 amide bonds. The van der Waals surface area contributed by atoms with Gasteiger partial charge in [0.05, 0.1) is 5.92 Å². The molecule has 0 aliphatic carbocycles. The minimum Gasteiger partial charge on any atom is -0.520 e. The fraction of sp³-hybridized carbons (Fsp3) is 0.952. The summed E-state index contributed by atoms with van der Waals surface area (Å²) < 4.78 is 5.56. The molecular weight excluding hydrogens is 312 g/mol. The summed E-state index contributed by atoms with van der Waals surface area (Å²) in [5.41, 5.74) is 0. The van der Waals surface area contributed by atoms with Crippen LogP contribution >= 0.6 is 0 Å². The summed E-state index contributed by atoms with van der Waals surface area (Å²) in [6, 6.07) is 0. The van der Waals surface area contributed by atoms with Crippen LogP contribution in [0.3, 0.4) is 0 Å². The zero-order valence-corrected chi connectivity index (χ0v) is 18.5. The van der Waals surface area contributed by atoms with Crippen molar-refractivity contribution in [3.63, 3.8) is 0 Å². The predicted molar refractivity (Wildman–Crippen MR) is 109 cm³/mol. The number of rotatable bonds is 15. The van der Waals surface area contributed by atoms with Gasteiger partial charge >= 0.3 is 0 Å². The lowest BCUT2D eigenvalue weighted by Crippen LogP contribution is -2.32. The van der Waals surface area contributed by atoms with Gasteiger partial charge < -0.3 is 4.43 Å². The standard InChI is InChI=1S/C21H44O2Si/c1-7-19(2)17-15-13-11-9-8-10-12-14-16-18-20(3)21(22)23-24(4,5)6/h19-20H,7-18H2,1-6H3. The fourth-order valence-electron chi connectivity index (χ4n) is 2.91. The van der Waals surface area contributed by atoms with Crippen LogP contribution in [-0.4, -0.2) is 14.3 Å². The van der Waals surface area contributed by atoms with Crippen molar-refractivity contribution in [2.24, 2.45) is 11.8 Å². The number of hydrogen-bond acceptors (Lipinski definition) is 2. The minimum absolute atomic E-state index is 0.0200. The van der Waals surface area contributed by atoms with Crippen molar-refractivity contribution in [2.45, 2.75) is 117 Å². The summed E-state index contributed by atoms with van der Waals surface area (Å²) in [5, 5.41) is 0. The summed E-state index contributed by atoms with van der Waals surface area (Å²) in [6.45, 7) is 12.9. The lowest BCUT2D eigenvalue weighted by atomic mass is 9.99. The van der Waals surface area contributed by atoms with E-state index in [1.807, 2.05) is 6.92 Å². The molecule has 0 aliphatic heterocycles. The Hall–Kier alpha value is -0.313. The molecule has 0 bridgehead atoms. The fourth-order valence-corrected chi connectivity index (χ4v) is 3.71. The Kier molecular flexibility index (Phi) is 13.7. The maximum absolute atomic E-state index is 11.9. The van der Waals surface area contributed by atoms with Crippen molar-refractivity contribution in [3.8, 4) is 0 Å². The molecule has 0 aromatic carbocycles. The molecule has 0 N–H and O–H groups in total. The van der Waals surface area contributed by atoms with Crippen molar-refractivity contribution in [1.82, 2.24) is 0 Å². The molecule has 2 unspecified atom stereocenters. The molecule has 24 heavy (non-hydrogen) atoms. The van der Waals surface area contributed by atoms with E-state index in [1.54, 1.807) is 0 Å². The summed E-state index contributed by atoms with van der Waals surface area (Å²) >= 11 is 0.